The summed E-state index contributed by atoms with van der Waals surface area (Å²) in [7, 11) is 0. The van der Waals surface area contributed by atoms with Gasteiger partial charge >= 0.3 is 0 Å². The first-order chi connectivity index (χ1) is 11.7. The molecule has 2 heterocycles. The molecule has 1 saturated heterocycles. The van der Waals surface area contributed by atoms with E-state index in [2.05, 4.69) is 31.5 Å². The van der Waals surface area contributed by atoms with Crippen LogP contribution in [0, 0.1) is 6.92 Å². The maximum atomic E-state index is 12.2. The highest BCUT2D eigenvalue weighted by atomic mass is 32.2. The fraction of sp³-hybridized carbons (Fsp3) is 0.438. The second-order valence-corrected chi connectivity index (χ2v) is 6.53. The third kappa shape index (κ3) is 4.80. The van der Waals surface area contributed by atoms with Gasteiger partial charge in [0.05, 0.1) is 19.0 Å². The molecular formula is C16H21N5O2S. The van der Waals surface area contributed by atoms with Crippen LogP contribution in [0.25, 0.3) is 0 Å². The lowest BCUT2D eigenvalue weighted by Crippen LogP contribution is -2.35. The number of rotatable bonds is 6. The van der Waals surface area contributed by atoms with Gasteiger partial charge in [0.25, 0.3) is 0 Å². The molecule has 3 rings (SSSR count). The number of aryl methyl sites for hydroxylation is 1. The van der Waals surface area contributed by atoms with E-state index in [-0.39, 0.29) is 11.7 Å². The summed E-state index contributed by atoms with van der Waals surface area (Å²) in [6.45, 7) is 6.01. The number of anilines is 1. The topological polar surface area (TPSA) is 83.1 Å². The average molecular weight is 347 g/mol. The number of nitrogens with one attached hydrogen (secondary N) is 2. The maximum absolute atomic E-state index is 12.2. The second kappa shape index (κ2) is 8.27. The van der Waals surface area contributed by atoms with Crippen molar-refractivity contribution >= 4 is 23.4 Å². The number of morpholine rings is 1. The van der Waals surface area contributed by atoms with Crippen LogP contribution in [0.5, 0.6) is 0 Å². The number of benzene rings is 1. The number of aromatic nitrogens is 3. The summed E-state index contributed by atoms with van der Waals surface area (Å²) in [6, 6.07) is 7.92. The van der Waals surface area contributed by atoms with Crippen LogP contribution in [0.4, 0.5) is 5.69 Å². The number of amides is 1. The van der Waals surface area contributed by atoms with Crippen LogP contribution < -0.4 is 5.32 Å². The third-order valence-corrected chi connectivity index (χ3v) is 4.55. The minimum atomic E-state index is -0.0584. The number of aromatic amines is 1. The Morgan fingerprint density at radius 1 is 1.38 bits per heavy atom. The highest BCUT2D eigenvalue weighted by Gasteiger charge is 2.14. The molecule has 1 aromatic carbocycles. The van der Waals surface area contributed by atoms with E-state index in [1.54, 1.807) is 0 Å². The Morgan fingerprint density at radius 2 is 2.17 bits per heavy atom. The smallest absolute Gasteiger partial charge is 0.234 e. The van der Waals surface area contributed by atoms with Gasteiger partial charge in [-0.3, -0.25) is 14.8 Å². The first kappa shape index (κ1) is 16.9. The van der Waals surface area contributed by atoms with Gasteiger partial charge < -0.3 is 10.1 Å². The number of para-hydroxylation sites is 1. The lowest BCUT2D eigenvalue weighted by molar-refractivity contribution is -0.113. The van der Waals surface area contributed by atoms with E-state index >= 15 is 0 Å². The Balaban J connectivity index is 1.56. The molecular weight excluding hydrogens is 326 g/mol. The third-order valence-electron chi connectivity index (χ3n) is 3.70. The van der Waals surface area contributed by atoms with Gasteiger partial charge in [-0.25, -0.2) is 4.98 Å². The fourth-order valence-electron chi connectivity index (χ4n) is 2.48. The molecule has 1 aromatic heterocycles. The summed E-state index contributed by atoms with van der Waals surface area (Å²) in [4.78, 5) is 18.7. The van der Waals surface area contributed by atoms with Gasteiger partial charge in [0.1, 0.15) is 5.82 Å². The van der Waals surface area contributed by atoms with Crippen LogP contribution >= 0.6 is 11.8 Å². The molecule has 7 nitrogen and oxygen atoms in total. The molecule has 1 aliphatic heterocycles. The van der Waals surface area contributed by atoms with Gasteiger partial charge in [-0.2, -0.15) is 0 Å². The van der Waals surface area contributed by atoms with Crippen molar-refractivity contribution in [1.29, 1.82) is 0 Å². The van der Waals surface area contributed by atoms with Crippen LogP contribution in [-0.2, 0) is 16.1 Å². The molecule has 0 saturated carbocycles. The molecule has 2 aromatic rings. The number of hydrogen-bond donors (Lipinski definition) is 2. The predicted molar refractivity (Wildman–Crippen MR) is 93.0 cm³/mol. The largest absolute Gasteiger partial charge is 0.379 e. The number of carbonyl (C=O) groups excluding carboxylic acids is 1. The number of nitrogens with zero attached hydrogens (tertiary/aromatic N) is 3. The molecule has 24 heavy (non-hydrogen) atoms. The Bertz CT molecular complexity index is 685. The Labute approximate surface area is 145 Å². The summed E-state index contributed by atoms with van der Waals surface area (Å²) in [5.74, 6) is 0.967. The number of hydrogen-bond acceptors (Lipinski definition) is 6. The van der Waals surface area contributed by atoms with Crippen LogP contribution in [0.15, 0.2) is 29.4 Å². The van der Waals surface area contributed by atoms with Crippen LogP contribution in [0.2, 0.25) is 0 Å². The molecule has 128 valence electrons. The molecule has 0 radical (unpaired) electrons. The first-order valence-electron chi connectivity index (χ1n) is 7.90. The highest BCUT2D eigenvalue weighted by molar-refractivity contribution is 7.99. The molecule has 0 spiro atoms. The second-order valence-electron chi connectivity index (χ2n) is 5.59. The van der Waals surface area contributed by atoms with Crippen molar-refractivity contribution in [2.75, 3.05) is 37.4 Å². The monoisotopic (exact) mass is 347 g/mol. The van der Waals surface area contributed by atoms with E-state index in [4.69, 9.17) is 4.74 Å². The Kier molecular flexibility index (Phi) is 5.84. The molecule has 1 fully saturated rings. The average Bonchev–Trinajstić information content (AvgIpc) is 3.01. The first-order valence-corrected chi connectivity index (χ1v) is 8.89. The number of ether oxygens (including phenoxy) is 1. The minimum absolute atomic E-state index is 0.0584. The van der Waals surface area contributed by atoms with Crippen molar-refractivity contribution in [3.05, 3.63) is 35.7 Å². The van der Waals surface area contributed by atoms with Crippen molar-refractivity contribution in [2.45, 2.75) is 18.6 Å². The predicted octanol–water partition coefficient (Wildman–Crippen LogP) is 1.68. The number of H-pyrrole nitrogens is 1. The van der Waals surface area contributed by atoms with Crippen molar-refractivity contribution in [3.8, 4) is 0 Å². The minimum Gasteiger partial charge on any atom is -0.379 e. The molecule has 1 aliphatic rings. The van der Waals surface area contributed by atoms with Crippen molar-refractivity contribution in [3.63, 3.8) is 0 Å². The zero-order chi connectivity index (χ0) is 16.8. The van der Waals surface area contributed by atoms with Gasteiger partial charge in [-0.05, 0) is 18.6 Å². The molecule has 0 atom stereocenters. The van der Waals surface area contributed by atoms with Gasteiger partial charge in [0.15, 0.2) is 0 Å². The molecule has 2 N–H and O–H groups in total. The van der Waals surface area contributed by atoms with Crippen molar-refractivity contribution < 1.29 is 9.53 Å². The summed E-state index contributed by atoms with van der Waals surface area (Å²) in [6.07, 6.45) is 0. The zero-order valence-corrected chi connectivity index (χ0v) is 14.4. The van der Waals surface area contributed by atoms with Gasteiger partial charge in [-0.15, -0.1) is 5.10 Å². The lowest BCUT2D eigenvalue weighted by atomic mass is 10.1. The van der Waals surface area contributed by atoms with Crippen molar-refractivity contribution in [2.24, 2.45) is 0 Å². The van der Waals surface area contributed by atoms with E-state index in [0.717, 1.165) is 49.9 Å². The van der Waals surface area contributed by atoms with E-state index in [0.29, 0.717) is 5.16 Å². The van der Waals surface area contributed by atoms with Crippen LogP contribution in [0.3, 0.4) is 0 Å². The zero-order valence-electron chi connectivity index (χ0n) is 13.6. The number of carbonyl (C=O) groups is 1. The normalized spacial score (nSPS) is 15.4. The van der Waals surface area contributed by atoms with Crippen LogP contribution in [0.1, 0.15) is 11.4 Å². The van der Waals surface area contributed by atoms with E-state index in [9.17, 15) is 4.79 Å². The Hall–Kier alpha value is -1.90. The summed E-state index contributed by atoms with van der Waals surface area (Å²) in [5, 5.41) is 10.4. The van der Waals surface area contributed by atoms with Gasteiger partial charge in [-0.1, -0.05) is 30.0 Å². The quantitative estimate of drug-likeness (QED) is 0.774. The van der Waals surface area contributed by atoms with E-state index in [1.807, 2.05) is 25.1 Å². The summed E-state index contributed by atoms with van der Waals surface area (Å²) < 4.78 is 5.38. The van der Waals surface area contributed by atoms with Gasteiger partial charge in [0, 0.05) is 25.3 Å². The molecule has 0 bridgehead atoms. The SMILES string of the molecule is Cc1nc(SCC(=O)Nc2ccccc2CN2CCOCC2)n[nH]1. The van der Waals surface area contributed by atoms with E-state index in [1.165, 1.54) is 11.8 Å². The van der Waals surface area contributed by atoms with Gasteiger partial charge in [0.2, 0.25) is 11.1 Å². The maximum Gasteiger partial charge on any atom is 0.234 e. The Morgan fingerprint density at radius 3 is 2.92 bits per heavy atom. The standard InChI is InChI=1S/C16H21N5O2S/c1-12-17-16(20-19-12)24-11-15(22)18-14-5-3-2-4-13(14)10-21-6-8-23-9-7-21/h2-5H,6-11H2,1H3,(H,18,22)(H,17,19,20). The number of thioether (sulfide) groups is 1. The summed E-state index contributed by atoms with van der Waals surface area (Å²) in [5.41, 5.74) is 1.98. The fourth-order valence-corrected chi connectivity index (χ4v) is 3.13. The van der Waals surface area contributed by atoms with Crippen LogP contribution in [-0.4, -0.2) is 58.0 Å². The highest BCUT2D eigenvalue weighted by Crippen LogP contribution is 2.19. The molecule has 0 aliphatic carbocycles. The van der Waals surface area contributed by atoms with Crippen molar-refractivity contribution in [1.82, 2.24) is 20.1 Å². The summed E-state index contributed by atoms with van der Waals surface area (Å²) >= 11 is 1.32. The van der Waals surface area contributed by atoms with E-state index < -0.39 is 0 Å². The lowest BCUT2D eigenvalue weighted by Gasteiger charge is -2.27. The molecule has 8 heteroatoms. The molecule has 0 unspecified atom stereocenters. The molecule has 1 amide bonds.